The fourth-order valence-electron chi connectivity index (χ4n) is 2.84. The highest BCUT2D eigenvalue weighted by Crippen LogP contribution is 2.17. The Balaban J connectivity index is 2.13. The minimum absolute atomic E-state index is 0.242. The van der Waals surface area contributed by atoms with Crippen LogP contribution in [0.5, 0.6) is 0 Å². The van der Waals surface area contributed by atoms with Crippen molar-refractivity contribution in [2.45, 2.75) is 70.3 Å². The maximum atomic E-state index is 11.3. The maximum Gasteiger partial charge on any atom is 0.320 e. The monoisotopic (exact) mass is 285 g/mol. The quantitative estimate of drug-likeness (QED) is 0.603. The number of carboxylic acid groups (broad SMARTS) is 2. The average molecular weight is 285 g/mol. The van der Waals surface area contributed by atoms with Gasteiger partial charge < -0.3 is 10.2 Å². The van der Waals surface area contributed by atoms with Crippen LogP contribution in [0.25, 0.3) is 0 Å². The van der Waals surface area contributed by atoms with Crippen LogP contribution in [-0.4, -0.2) is 46.2 Å². The van der Waals surface area contributed by atoms with Gasteiger partial charge in [-0.15, -0.1) is 0 Å². The molecule has 0 spiro atoms. The Morgan fingerprint density at radius 2 is 1.50 bits per heavy atom. The summed E-state index contributed by atoms with van der Waals surface area (Å²) in [5.41, 5.74) is 0. The molecule has 20 heavy (non-hydrogen) atoms. The van der Waals surface area contributed by atoms with Gasteiger partial charge in [0.1, 0.15) is 6.04 Å². The van der Waals surface area contributed by atoms with E-state index in [1.54, 1.807) is 0 Å². The Kier molecular flexibility index (Phi) is 8.26. The molecule has 0 aromatic rings. The molecule has 116 valence electrons. The summed E-state index contributed by atoms with van der Waals surface area (Å²) in [5.74, 6) is -1.43. The van der Waals surface area contributed by atoms with Crippen LogP contribution in [0.2, 0.25) is 0 Å². The second kappa shape index (κ2) is 9.75. The lowest BCUT2D eigenvalue weighted by atomic mass is 10.0. The van der Waals surface area contributed by atoms with E-state index in [2.05, 4.69) is 4.90 Å². The van der Waals surface area contributed by atoms with Crippen molar-refractivity contribution in [1.82, 2.24) is 4.90 Å². The van der Waals surface area contributed by atoms with Gasteiger partial charge in [0.25, 0.3) is 0 Å². The third-order valence-electron chi connectivity index (χ3n) is 3.98. The molecular weight excluding hydrogens is 258 g/mol. The minimum Gasteiger partial charge on any atom is -0.481 e. The molecule has 0 aromatic carbocycles. The molecule has 0 saturated carbocycles. The molecule has 0 aliphatic carbocycles. The first kappa shape index (κ1) is 17.0. The third kappa shape index (κ3) is 6.89. The van der Waals surface area contributed by atoms with Crippen LogP contribution < -0.4 is 0 Å². The lowest BCUT2D eigenvalue weighted by Gasteiger charge is -2.32. The number of hydrogen-bond donors (Lipinski definition) is 2. The number of unbranched alkanes of at least 4 members (excludes halogenated alkanes) is 4. The standard InChI is InChI=1S/C15H27NO4/c17-14(18)10-6-3-1-2-5-9-13(15(19)20)16-11-7-4-8-12-16/h13H,1-12H2,(H,17,18)(H,19,20). The van der Waals surface area contributed by atoms with E-state index in [1.807, 2.05) is 0 Å². The van der Waals surface area contributed by atoms with Crippen molar-refractivity contribution in [3.8, 4) is 0 Å². The molecule has 1 aliphatic rings. The van der Waals surface area contributed by atoms with E-state index in [0.29, 0.717) is 6.42 Å². The number of piperidine rings is 1. The predicted molar refractivity (Wildman–Crippen MR) is 76.8 cm³/mol. The van der Waals surface area contributed by atoms with Gasteiger partial charge in [0.05, 0.1) is 0 Å². The summed E-state index contributed by atoms with van der Waals surface area (Å²) in [6.07, 6.45) is 8.96. The molecule has 1 saturated heterocycles. The maximum absolute atomic E-state index is 11.3. The Morgan fingerprint density at radius 3 is 2.10 bits per heavy atom. The lowest BCUT2D eigenvalue weighted by Crippen LogP contribution is -2.44. The van der Waals surface area contributed by atoms with Crippen molar-refractivity contribution in [2.24, 2.45) is 0 Å². The van der Waals surface area contributed by atoms with Gasteiger partial charge >= 0.3 is 11.9 Å². The summed E-state index contributed by atoms with van der Waals surface area (Å²) in [6.45, 7) is 1.82. The predicted octanol–water partition coefficient (Wildman–Crippen LogP) is 2.74. The number of nitrogens with zero attached hydrogens (tertiary/aromatic N) is 1. The van der Waals surface area contributed by atoms with Crippen LogP contribution in [0, 0.1) is 0 Å². The van der Waals surface area contributed by atoms with Crippen molar-refractivity contribution in [3.05, 3.63) is 0 Å². The fraction of sp³-hybridized carbons (Fsp3) is 0.867. The molecule has 0 radical (unpaired) electrons. The molecule has 1 aliphatic heterocycles. The number of carbonyl (C=O) groups is 2. The highest BCUT2D eigenvalue weighted by Gasteiger charge is 2.25. The Labute approximate surface area is 121 Å². The molecule has 1 atom stereocenters. The highest BCUT2D eigenvalue weighted by molar-refractivity contribution is 5.73. The zero-order chi connectivity index (χ0) is 14.8. The zero-order valence-electron chi connectivity index (χ0n) is 12.2. The van der Waals surface area contributed by atoms with E-state index >= 15 is 0 Å². The normalized spacial score (nSPS) is 17.8. The van der Waals surface area contributed by atoms with Crippen molar-refractivity contribution in [1.29, 1.82) is 0 Å². The van der Waals surface area contributed by atoms with E-state index in [4.69, 9.17) is 5.11 Å². The van der Waals surface area contributed by atoms with E-state index in [9.17, 15) is 14.7 Å². The van der Waals surface area contributed by atoms with Gasteiger partial charge in [0.15, 0.2) is 0 Å². The second-order valence-electron chi connectivity index (χ2n) is 5.65. The summed E-state index contributed by atoms with van der Waals surface area (Å²) in [5, 5.41) is 17.8. The van der Waals surface area contributed by atoms with Crippen LogP contribution in [0.1, 0.15) is 64.2 Å². The molecule has 1 unspecified atom stereocenters. The molecule has 1 rings (SSSR count). The molecule has 1 heterocycles. The smallest absolute Gasteiger partial charge is 0.320 e. The molecule has 0 bridgehead atoms. The summed E-state index contributed by atoms with van der Waals surface area (Å²) in [7, 11) is 0. The highest BCUT2D eigenvalue weighted by atomic mass is 16.4. The molecule has 2 N–H and O–H groups in total. The van der Waals surface area contributed by atoms with E-state index in [0.717, 1.165) is 58.0 Å². The average Bonchev–Trinajstić information content (AvgIpc) is 2.42. The Hall–Kier alpha value is -1.10. The van der Waals surface area contributed by atoms with Crippen molar-refractivity contribution < 1.29 is 19.8 Å². The van der Waals surface area contributed by atoms with Crippen LogP contribution in [0.4, 0.5) is 0 Å². The van der Waals surface area contributed by atoms with Gasteiger partial charge in [-0.3, -0.25) is 14.5 Å². The molecule has 0 aromatic heterocycles. The molecule has 5 heteroatoms. The van der Waals surface area contributed by atoms with Crippen LogP contribution in [0.15, 0.2) is 0 Å². The summed E-state index contributed by atoms with van der Waals surface area (Å²) in [4.78, 5) is 23.8. The second-order valence-corrected chi connectivity index (χ2v) is 5.65. The molecule has 0 amide bonds. The van der Waals surface area contributed by atoms with Gasteiger partial charge in [-0.2, -0.15) is 0 Å². The van der Waals surface area contributed by atoms with E-state index < -0.39 is 11.9 Å². The van der Waals surface area contributed by atoms with Gasteiger partial charge in [0.2, 0.25) is 0 Å². The lowest BCUT2D eigenvalue weighted by molar-refractivity contribution is -0.144. The van der Waals surface area contributed by atoms with Crippen LogP contribution in [0.3, 0.4) is 0 Å². The number of likely N-dealkylation sites (tertiary alicyclic amines) is 1. The molecular formula is C15H27NO4. The van der Waals surface area contributed by atoms with E-state index in [-0.39, 0.29) is 12.5 Å². The number of carboxylic acids is 2. The van der Waals surface area contributed by atoms with Crippen molar-refractivity contribution in [3.63, 3.8) is 0 Å². The topological polar surface area (TPSA) is 77.8 Å². The first-order valence-corrected chi connectivity index (χ1v) is 7.80. The number of hydrogen-bond acceptors (Lipinski definition) is 3. The SMILES string of the molecule is O=C(O)CCCCCCCC(C(=O)O)N1CCCCC1. The van der Waals surface area contributed by atoms with Gasteiger partial charge in [-0.1, -0.05) is 32.1 Å². The zero-order valence-corrected chi connectivity index (χ0v) is 12.2. The third-order valence-corrected chi connectivity index (χ3v) is 3.98. The fourth-order valence-corrected chi connectivity index (χ4v) is 2.84. The first-order chi connectivity index (χ1) is 9.61. The summed E-state index contributed by atoms with van der Waals surface area (Å²) < 4.78 is 0. The molecule has 1 fully saturated rings. The first-order valence-electron chi connectivity index (χ1n) is 7.80. The number of rotatable bonds is 10. The Morgan fingerprint density at radius 1 is 0.900 bits per heavy atom. The van der Waals surface area contributed by atoms with Crippen LogP contribution >= 0.6 is 0 Å². The van der Waals surface area contributed by atoms with Crippen molar-refractivity contribution >= 4 is 11.9 Å². The summed E-state index contributed by atoms with van der Waals surface area (Å²) in [6, 6.07) is -0.325. The van der Waals surface area contributed by atoms with Gasteiger partial charge in [0, 0.05) is 6.42 Å². The Bertz CT molecular complexity index is 300. The van der Waals surface area contributed by atoms with Crippen molar-refractivity contribution in [2.75, 3.05) is 13.1 Å². The molecule has 5 nitrogen and oxygen atoms in total. The summed E-state index contributed by atoms with van der Waals surface area (Å²) >= 11 is 0. The largest absolute Gasteiger partial charge is 0.481 e. The van der Waals surface area contributed by atoms with Gasteiger partial charge in [-0.25, -0.2) is 0 Å². The number of aliphatic carboxylic acids is 2. The van der Waals surface area contributed by atoms with E-state index in [1.165, 1.54) is 6.42 Å². The minimum atomic E-state index is -0.735. The van der Waals surface area contributed by atoms with Gasteiger partial charge in [-0.05, 0) is 38.8 Å². The van der Waals surface area contributed by atoms with Crippen LogP contribution in [-0.2, 0) is 9.59 Å².